The summed E-state index contributed by atoms with van der Waals surface area (Å²) < 4.78 is 21.6. The molecule has 0 saturated heterocycles. The molecule has 9 aromatic rings. The molecule has 3 heteroatoms. The van der Waals surface area contributed by atoms with Gasteiger partial charge in [0, 0.05) is 26.7 Å². The van der Waals surface area contributed by atoms with Gasteiger partial charge in [0.25, 0.3) is 0 Å². The summed E-state index contributed by atoms with van der Waals surface area (Å²) in [4.78, 5) is 0. The molecular weight excluding hydrogens is 652 g/mol. The van der Waals surface area contributed by atoms with E-state index >= 15 is 0 Å². The molecule has 11 rings (SSSR count). The second-order valence-electron chi connectivity index (χ2n) is 13.9. The highest BCUT2D eigenvalue weighted by molar-refractivity contribution is 7.85. The van der Waals surface area contributed by atoms with Crippen molar-refractivity contribution >= 4 is 45.0 Å². The molecule has 52 heavy (non-hydrogen) atoms. The van der Waals surface area contributed by atoms with E-state index in [-0.39, 0.29) is 0 Å². The summed E-state index contributed by atoms with van der Waals surface area (Å²) >= 11 is 0. The zero-order valence-corrected chi connectivity index (χ0v) is 29.1. The van der Waals surface area contributed by atoms with Gasteiger partial charge in [-0.2, -0.15) is 0 Å². The van der Waals surface area contributed by atoms with Gasteiger partial charge in [0.1, 0.15) is 11.2 Å². The number of hydrogen-bond acceptors (Lipinski definition) is 2. The lowest BCUT2D eigenvalue weighted by atomic mass is 9.70. The predicted octanol–water partition coefficient (Wildman–Crippen LogP) is 11.2. The third kappa shape index (κ3) is 3.88. The molecule has 0 saturated carbocycles. The summed E-state index contributed by atoms with van der Waals surface area (Å²) in [5, 5.41) is 4.68. The van der Waals surface area contributed by atoms with Crippen LogP contribution >= 0.6 is 7.14 Å². The van der Waals surface area contributed by atoms with Gasteiger partial charge in [0.15, 0.2) is 7.14 Å². The monoisotopic (exact) mass is 682 g/mol. The van der Waals surface area contributed by atoms with E-state index in [2.05, 4.69) is 115 Å². The minimum atomic E-state index is -3.05. The van der Waals surface area contributed by atoms with Crippen LogP contribution in [0, 0.1) is 0 Å². The van der Waals surface area contributed by atoms with E-state index in [0.29, 0.717) is 0 Å². The first-order chi connectivity index (χ1) is 25.7. The molecule has 0 aliphatic heterocycles. The molecule has 1 aromatic heterocycles. The molecule has 1 heterocycles. The maximum atomic E-state index is 15.0. The van der Waals surface area contributed by atoms with Crippen LogP contribution < -0.4 is 15.9 Å². The van der Waals surface area contributed by atoms with Crippen LogP contribution in [0.3, 0.4) is 0 Å². The van der Waals surface area contributed by atoms with Crippen LogP contribution in [0.15, 0.2) is 192 Å². The molecule has 2 aliphatic rings. The fraction of sp³-hybridized carbons (Fsp3) is 0.0204. The average molecular weight is 683 g/mol. The van der Waals surface area contributed by atoms with Crippen molar-refractivity contribution in [3.8, 4) is 33.4 Å². The van der Waals surface area contributed by atoms with Crippen molar-refractivity contribution < 1.29 is 8.98 Å². The Kier molecular flexibility index (Phi) is 6.18. The lowest BCUT2D eigenvalue weighted by Gasteiger charge is -2.30. The number of benzene rings is 8. The second kappa shape index (κ2) is 10.9. The molecule has 0 N–H and O–H groups in total. The molecule has 0 unspecified atom stereocenters. The van der Waals surface area contributed by atoms with Gasteiger partial charge in [-0.25, -0.2) is 0 Å². The van der Waals surface area contributed by atoms with Crippen molar-refractivity contribution in [2.24, 2.45) is 0 Å². The summed E-state index contributed by atoms with van der Waals surface area (Å²) in [6.07, 6.45) is 0. The van der Waals surface area contributed by atoms with Gasteiger partial charge in [-0.05, 0) is 79.9 Å². The molecule has 244 valence electrons. The van der Waals surface area contributed by atoms with Crippen molar-refractivity contribution in [1.29, 1.82) is 0 Å². The molecule has 2 aliphatic carbocycles. The quantitative estimate of drug-likeness (QED) is 0.173. The summed E-state index contributed by atoms with van der Waals surface area (Å²) in [7, 11) is -3.05. The van der Waals surface area contributed by atoms with Crippen molar-refractivity contribution in [3.63, 3.8) is 0 Å². The van der Waals surface area contributed by atoms with Crippen LogP contribution in [0.5, 0.6) is 0 Å². The predicted molar refractivity (Wildman–Crippen MR) is 215 cm³/mol. The first kappa shape index (κ1) is 29.5. The van der Waals surface area contributed by atoms with Crippen LogP contribution in [0.2, 0.25) is 0 Å². The fourth-order valence-corrected chi connectivity index (χ4v) is 11.8. The van der Waals surface area contributed by atoms with E-state index in [1.165, 1.54) is 44.5 Å². The lowest BCUT2D eigenvalue weighted by Crippen LogP contribution is -2.25. The highest BCUT2D eigenvalue weighted by Gasteiger charge is 2.51. The Morgan fingerprint density at radius 3 is 1.40 bits per heavy atom. The third-order valence-corrected chi connectivity index (χ3v) is 14.5. The van der Waals surface area contributed by atoms with Gasteiger partial charge in [0.2, 0.25) is 0 Å². The number of rotatable bonds is 4. The SMILES string of the molecule is O=P(c1ccccc1)(c1ccccc1)c1ccc(-c2ccc3oc4cc5c(cc4c3c2)-c2ccccc2C52c3ccccc3-c3ccccc32)cc1. The van der Waals surface area contributed by atoms with Gasteiger partial charge in [-0.1, -0.05) is 164 Å². The zero-order chi connectivity index (χ0) is 34.4. The van der Waals surface area contributed by atoms with Gasteiger partial charge in [0.05, 0.1) is 5.41 Å². The minimum absolute atomic E-state index is 0.405. The summed E-state index contributed by atoms with van der Waals surface area (Å²) in [6, 6.07) is 65.8. The topological polar surface area (TPSA) is 30.2 Å². The Hall–Kier alpha value is -6.21. The van der Waals surface area contributed by atoms with Gasteiger partial charge in [-0.15, -0.1) is 0 Å². The van der Waals surface area contributed by atoms with Crippen molar-refractivity contribution in [2.75, 3.05) is 0 Å². The molecule has 0 bridgehead atoms. The maximum Gasteiger partial charge on any atom is 0.171 e. The lowest BCUT2D eigenvalue weighted by molar-refractivity contribution is 0.592. The van der Waals surface area contributed by atoms with E-state index in [4.69, 9.17) is 4.42 Å². The van der Waals surface area contributed by atoms with Crippen molar-refractivity contribution in [3.05, 3.63) is 210 Å². The van der Waals surface area contributed by atoms with E-state index in [9.17, 15) is 4.57 Å². The highest BCUT2D eigenvalue weighted by atomic mass is 31.2. The molecule has 8 aromatic carbocycles. The molecule has 0 fully saturated rings. The van der Waals surface area contributed by atoms with Crippen LogP contribution in [-0.4, -0.2) is 0 Å². The van der Waals surface area contributed by atoms with Gasteiger partial charge < -0.3 is 8.98 Å². The Bertz CT molecular complexity index is 2830. The van der Waals surface area contributed by atoms with Gasteiger partial charge in [-0.3, -0.25) is 0 Å². The van der Waals surface area contributed by atoms with Gasteiger partial charge >= 0.3 is 0 Å². The number of hydrogen-bond donors (Lipinski definition) is 0. The van der Waals surface area contributed by atoms with E-state index in [1.807, 2.05) is 72.8 Å². The van der Waals surface area contributed by atoms with Crippen LogP contribution in [-0.2, 0) is 9.98 Å². The molecule has 1 spiro atoms. The molecular formula is C49H31O2P. The summed E-state index contributed by atoms with van der Waals surface area (Å²) in [6.45, 7) is 0. The first-order valence-corrected chi connectivity index (χ1v) is 19.5. The molecule has 0 atom stereocenters. The van der Waals surface area contributed by atoms with E-state index < -0.39 is 12.6 Å². The standard InChI is InChI=1S/C49H31O2P/c50-52(34-13-3-1-4-14-34,35-15-5-2-6-16-35)36-26-23-32(24-27-36)33-25-28-47-41(29-33)42-30-40-39-19-9-12-22-45(39)49(46(40)31-48(42)51-47)43-20-10-7-17-37(43)38-18-8-11-21-44(38)49/h1-31H. The Morgan fingerprint density at radius 1 is 0.365 bits per heavy atom. The minimum Gasteiger partial charge on any atom is -0.456 e. The molecule has 2 nitrogen and oxygen atoms in total. The zero-order valence-electron chi connectivity index (χ0n) is 28.2. The highest BCUT2D eigenvalue weighted by Crippen LogP contribution is 2.63. The summed E-state index contributed by atoms with van der Waals surface area (Å²) in [5.41, 5.74) is 13.9. The number of furan rings is 1. The van der Waals surface area contributed by atoms with Crippen LogP contribution in [0.4, 0.5) is 0 Å². The first-order valence-electron chi connectivity index (χ1n) is 17.8. The van der Waals surface area contributed by atoms with Crippen molar-refractivity contribution in [1.82, 2.24) is 0 Å². The Morgan fingerprint density at radius 2 is 0.827 bits per heavy atom. The van der Waals surface area contributed by atoms with Crippen LogP contribution in [0.1, 0.15) is 22.3 Å². The third-order valence-electron chi connectivity index (χ3n) is 11.4. The van der Waals surface area contributed by atoms with Crippen molar-refractivity contribution in [2.45, 2.75) is 5.41 Å². The largest absolute Gasteiger partial charge is 0.456 e. The second-order valence-corrected chi connectivity index (χ2v) is 16.7. The average Bonchev–Trinajstić information content (AvgIpc) is 3.83. The number of fused-ring (bicyclic) bond motifs is 13. The summed E-state index contributed by atoms with van der Waals surface area (Å²) in [5.74, 6) is 0. The maximum absolute atomic E-state index is 15.0. The van der Waals surface area contributed by atoms with E-state index in [1.54, 1.807) is 0 Å². The molecule has 0 radical (unpaired) electrons. The van der Waals surface area contributed by atoms with Crippen LogP contribution in [0.25, 0.3) is 55.3 Å². The normalized spacial score (nSPS) is 13.6. The smallest absolute Gasteiger partial charge is 0.171 e. The van der Waals surface area contributed by atoms with E-state index in [0.717, 1.165) is 49.0 Å². The Balaban J connectivity index is 1.06. The fourth-order valence-electron chi connectivity index (χ4n) is 9.13. The Labute approximate surface area is 302 Å². The molecule has 0 amide bonds.